The van der Waals surface area contributed by atoms with Gasteiger partial charge in [-0.1, -0.05) is 6.42 Å². The lowest BCUT2D eigenvalue weighted by atomic mass is 9.93. The van der Waals surface area contributed by atoms with Crippen molar-refractivity contribution in [3.8, 4) is 0 Å². The zero-order valence-corrected chi connectivity index (χ0v) is 7.67. The fourth-order valence-corrected chi connectivity index (χ4v) is 1.06. The Labute approximate surface area is 72.8 Å². The molecule has 1 amide bonds. The van der Waals surface area contributed by atoms with Crippen molar-refractivity contribution in [3.05, 3.63) is 0 Å². The normalized spacial score (nSPS) is 17.2. The van der Waals surface area contributed by atoms with E-state index in [0.717, 1.165) is 0 Å². The number of likely N-dealkylation sites (N-methyl/N-ethyl adjacent to an activating group) is 1. The Morgan fingerprint density at radius 1 is 1.67 bits per heavy atom. The highest BCUT2D eigenvalue weighted by Crippen LogP contribution is 2.17. The molecule has 0 aromatic rings. The standard InChI is InChI=1S/C8H16N2O2/c1-10(12-2)8(11)6-9-7-4-3-5-7/h7,9H,3-6H2,1-2H3. The Kier molecular flexibility index (Phi) is 3.49. The summed E-state index contributed by atoms with van der Waals surface area (Å²) in [7, 11) is 3.10. The van der Waals surface area contributed by atoms with E-state index in [4.69, 9.17) is 4.84 Å². The number of rotatable bonds is 4. The van der Waals surface area contributed by atoms with Gasteiger partial charge < -0.3 is 5.32 Å². The van der Waals surface area contributed by atoms with Crippen LogP contribution in [0.3, 0.4) is 0 Å². The molecule has 1 N–H and O–H groups in total. The van der Waals surface area contributed by atoms with E-state index in [1.54, 1.807) is 7.05 Å². The summed E-state index contributed by atoms with van der Waals surface area (Å²) < 4.78 is 0. The van der Waals surface area contributed by atoms with E-state index in [2.05, 4.69) is 5.32 Å². The van der Waals surface area contributed by atoms with Gasteiger partial charge in [0.2, 0.25) is 0 Å². The predicted octanol–water partition coefficient (Wildman–Crippen LogP) is 0.148. The largest absolute Gasteiger partial charge is 0.306 e. The monoisotopic (exact) mass is 172 g/mol. The summed E-state index contributed by atoms with van der Waals surface area (Å²) in [4.78, 5) is 15.9. The fourth-order valence-electron chi connectivity index (χ4n) is 1.06. The first-order chi connectivity index (χ1) is 5.74. The Morgan fingerprint density at radius 3 is 2.75 bits per heavy atom. The van der Waals surface area contributed by atoms with Crippen molar-refractivity contribution in [3.63, 3.8) is 0 Å². The van der Waals surface area contributed by atoms with Gasteiger partial charge >= 0.3 is 0 Å². The molecule has 0 atom stereocenters. The highest BCUT2D eigenvalue weighted by Gasteiger charge is 2.18. The molecule has 1 saturated carbocycles. The lowest BCUT2D eigenvalue weighted by Gasteiger charge is -2.26. The summed E-state index contributed by atoms with van der Waals surface area (Å²) in [6, 6.07) is 0.555. The molecule has 0 unspecified atom stereocenters. The number of hydrogen-bond donors (Lipinski definition) is 1. The summed E-state index contributed by atoms with van der Waals surface area (Å²) in [5.74, 6) is -0.0237. The van der Waals surface area contributed by atoms with Gasteiger partial charge in [0, 0.05) is 13.1 Å². The van der Waals surface area contributed by atoms with E-state index in [0.29, 0.717) is 12.6 Å². The number of amides is 1. The minimum atomic E-state index is -0.0237. The van der Waals surface area contributed by atoms with Crippen LogP contribution in [-0.4, -0.2) is 37.7 Å². The van der Waals surface area contributed by atoms with Crippen LogP contribution in [-0.2, 0) is 9.63 Å². The summed E-state index contributed by atoms with van der Waals surface area (Å²) in [5, 5.41) is 4.40. The van der Waals surface area contributed by atoms with Gasteiger partial charge in [-0.15, -0.1) is 0 Å². The van der Waals surface area contributed by atoms with Crippen LogP contribution in [0.15, 0.2) is 0 Å². The summed E-state index contributed by atoms with van der Waals surface area (Å²) in [5.41, 5.74) is 0. The number of carbonyl (C=O) groups excluding carboxylic acids is 1. The lowest BCUT2D eigenvalue weighted by molar-refractivity contribution is -0.167. The van der Waals surface area contributed by atoms with Crippen LogP contribution >= 0.6 is 0 Å². The molecule has 0 heterocycles. The Hall–Kier alpha value is -0.610. The maximum atomic E-state index is 11.2. The second kappa shape index (κ2) is 4.42. The van der Waals surface area contributed by atoms with Gasteiger partial charge in [0.05, 0.1) is 13.7 Å². The topological polar surface area (TPSA) is 41.6 Å². The molecule has 0 spiro atoms. The minimum absolute atomic E-state index is 0.0237. The molecule has 12 heavy (non-hydrogen) atoms. The van der Waals surface area contributed by atoms with E-state index < -0.39 is 0 Å². The van der Waals surface area contributed by atoms with E-state index in [9.17, 15) is 4.79 Å². The highest BCUT2D eigenvalue weighted by atomic mass is 16.7. The van der Waals surface area contributed by atoms with E-state index >= 15 is 0 Å². The number of nitrogens with zero attached hydrogens (tertiary/aromatic N) is 1. The van der Waals surface area contributed by atoms with Crippen LogP contribution in [0.5, 0.6) is 0 Å². The van der Waals surface area contributed by atoms with Crippen LogP contribution in [0.2, 0.25) is 0 Å². The number of carbonyl (C=O) groups is 1. The first-order valence-electron chi connectivity index (χ1n) is 4.28. The van der Waals surface area contributed by atoms with Crippen molar-refractivity contribution < 1.29 is 9.63 Å². The van der Waals surface area contributed by atoms with Crippen LogP contribution in [0, 0.1) is 0 Å². The maximum absolute atomic E-state index is 11.2. The second-order valence-electron chi connectivity index (χ2n) is 3.08. The van der Waals surface area contributed by atoms with Gasteiger partial charge in [-0.25, -0.2) is 5.06 Å². The number of hydroxylamine groups is 2. The molecule has 0 aromatic heterocycles. The van der Waals surface area contributed by atoms with Gasteiger partial charge in [0.1, 0.15) is 0 Å². The molecule has 0 aliphatic heterocycles. The maximum Gasteiger partial charge on any atom is 0.259 e. The molecule has 4 heteroatoms. The zero-order valence-electron chi connectivity index (χ0n) is 7.67. The molecule has 1 rings (SSSR count). The van der Waals surface area contributed by atoms with Crippen molar-refractivity contribution in [1.82, 2.24) is 10.4 Å². The third kappa shape index (κ3) is 2.46. The van der Waals surface area contributed by atoms with Crippen molar-refractivity contribution >= 4 is 5.91 Å². The van der Waals surface area contributed by atoms with E-state index in [1.807, 2.05) is 0 Å². The first-order valence-corrected chi connectivity index (χ1v) is 4.28. The van der Waals surface area contributed by atoms with Crippen LogP contribution in [0.1, 0.15) is 19.3 Å². The van der Waals surface area contributed by atoms with Crippen LogP contribution in [0.25, 0.3) is 0 Å². The van der Waals surface area contributed by atoms with Crippen molar-refractivity contribution in [2.24, 2.45) is 0 Å². The molecule has 1 fully saturated rings. The fraction of sp³-hybridized carbons (Fsp3) is 0.875. The van der Waals surface area contributed by atoms with Crippen LogP contribution < -0.4 is 5.32 Å². The van der Waals surface area contributed by atoms with Gasteiger partial charge in [0.25, 0.3) is 5.91 Å². The smallest absolute Gasteiger partial charge is 0.259 e. The summed E-state index contributed by atoms with van der Waals surface area (Å²) >= 11 is 0. The Morgan fingerprint density at radius 2 is 2.33 bits per heavy atom. The zero-order chi connectivity index (χ0) is 8.97. The van der Waals surface area contributed by atoms with Crippen molar-refractivity contribution in [1.29, 1.82) is 0 Å². The predicted molar refractivity (Wildman–Crippen MR) is 45.4 cm³/mol. The lowest BCUT2D eigenvalue weighted by Crippen LogP contribution is -2.42. The molecule has 1 aliphatic rings. The quantitative estimate of drug-likeness (QED) is 0.614. The molecule has 0 bridgehead atoms. The van der Waals surface area contributed by atoms with Crippen molar-refractivity contribution in [2.45, 2.75) is 25.3 Å². The number of hydrogen-bond acceptors (Lipinski definition) is 3. The molecule has 70 valence electrons. The van der Waals surface area contributed by atoms with Crippen LogP contribution in [0.4, 0.5) is 0 Å². The summed E-state index contributed by atoms with van der Waals surface area (Å²) in [6.45, 7) is 0.384. The molecule has 0 saturated heterocycles. The third-order valence-corrected chi connectivity index (χ3v) is 2.27. The Bertz CT molecular complexity index is 157. The molecular weight excluding hydrogens is 156 g/mol. The molecule has 4 nitrogen and oxygen atoms in total. The molecule has 0 radical (unpaired) electrons. The first kappa shape index (κ1) is 9.48. The van der Waals surface area contributed by atoms with Gasteiger partial charge in [-0.05, 0) is 12.8 Å². The highest BCUT2D eigenvalue weighted by molar-refractivity contribution is 5.76. The van der Waals surface area contributed by atoms with Gasteiger partial charge in [-0.3, -0.25) is 9.63 Å². The van der Waals surface area contributed by atoms with E-state index in [-0.39, 0.29) is 5.91 Å². The Balaban J connectivity index is 2.08. The summed E-state index contributed by atoms with van der Waals surface area (Å²) in [6.07, 6.45) is 3.68. The third-order valence-electron chi connectivity index (χ3n) is 2.27. The molecule has 0 aromatic carbocycles. The molecular formula is C8H16N2O2. The minimum Gasteiger partial charge on any atom is -0.306 e. The average Bonchev–Trinajstić information content (AvgIpc) is 2.00. The van der Waals surface area contributed by atoms with Crippen molar-refractivity contribution in [2.75, 3.05) is 20.7 Å². The molecule has 1 aliphatic carbocycles. The van der Waals surface area contributed by atoms with Gasteiger partial charge in [-0.2, -0.15) is 0 Å². The average molecular weight is 172 g/mol. The SMILES string of the molecule is CON(C)C(=O)CNC1CCC1. The van der Waals surface area contributed by atoms with E-state index in [1.165, 1.54) is 31.4 Å². The van der Waals surface area contributed by atoms with Gasteiger partial charge in [0.15, 0.2) is 0 Å². The number of nitrogens with one attached hydrogen (secondary N) is 1. The second-order valence-corrected chi connectivity index (χ2v) is 3.08.